The molecule has 1 N–H and O–H groups in total. The van der Waals surface area contributed by atoms with Gasteiger partial charge in [0.2, 0.25) is 21.7 Å². The molecule has 0 radical (unpaired) electrons. The molecule has 2 atom stereocenters. The quantitative estimate of drug-likeness (QED) is 0.521. The number of thiazole rings is 1. The first kappa shape index (κ1) is 20.8. The molecule has 0 aliphatic carbocycles. The first-order valence-corrected chi connectivity index (χ1v) is 12.1. The van der Waals surface area contributed by atoms with Crippen molar-refractivity contribution in [1.82, 2.24) is 9.88 Å². The Balaban J connectivity index is 1.51. The Morgan fingerprint density at radius 1 is 1.37 bits per heavy atom. The zero-order valence-electron chi connectivity index (χ0n) is 15.6. The molecule has 30 heavy (non-hydrogen) atoms. The van der Waals surface area contributed by atoms with Crippen LogP contribution in [-0.2, 0) is 19.4 Å². The molecule has 2 amide bonds. The second-order valence-electron chi connectivity index (χ2n) is 6.99. The first-order valence-electron chi connectivity index (χ1n) is 8.84. The van der Waals surface area contributed by atoms with Gasteiger partial charge in [0.05, 0.1) is 20.9 Å². The highest BCUT2D eigenvalue weighted by atomic mass is 32.2. The van der Waals surface area contributed by atoms with Crippen molar-refractivity contribution in [1.29, 1.82) is 0 Å². The number of nitro benzene ring substituents is 1. The Kier molecular flexibility index (Phi) is 5.06. The van der Waals surface area contributed by atoms with Gasteiger partial charge in [0, 0.05) is 24.3 Å². The lowest BCUT2D eigenvalue weighted by atomic mass is 10.2. The summed E-state index contributed by atoms with van der Waals surface area (Å²) >= 11 is 2.34. The standard InChI is InChI=1S/C17H16N4O6S3/c1-17-7-6-13(22)20(17)12(9-28-17)15(23)19-16-18-8-14(29-16)30(26,27)11-4-2-10(3-5-11)21(24)25/h2-5,8,12H,6-7,9H2,1H3,(H,18,19,23)/t12-,17+/m1/s1. The van der Waals surface area contributed by atoms with E-state index in [1.54, 1.807) is 16.7 Å². The van der Waals surface area contributed by atoms with E-state index in [0.717, 1.165) is 41.8 Å². The van der Waals surface area contributed by atoms with Crippen LogP contribution in [0.3, 0.4) is 0 Å². The molecule has 158 valence electrons. The fourth-order valence-corrected chi connectivity index (χ4v) is 7.38. The topological polar surface area (TPSA) is 140 Å². The van der Waals surface area contributed by atoms with E-state index in [1.165, 1.54) is 0 Å². The number of hydrogen-bond acceptors (Lipinski definition) is 9. The van der Waals surface area contributed by atoms with Gasteiger partial charge >= 0.3 is 0 Å². The summed E-state index contributed by atoms with van der Waals surface area (Å²) in [5.74, 6) is -0.00809. The van der Waals surface area contributed by atoms with E-state index < -0.39 is 26.7 Å². The van der Waals surface area contributed by atoms with Crippen molar-refractivity contribution >= 4 is 55.6 Å². The van der Waals surface area contributed by atoms with Crippen LogP contribution in [0.1, 0.15) is 19.8 Å². The third-order valence-electron chi connectivity index (χ3n) is 5.08. The van der Waals surface area contributed by atoms with Gasteiger partial charge in [0.25, 0.3) is 5.69 Å². The SMILES string of the molecule is C[C@]12CCC(=O)N1[C@@H](C(=O)Nc1ncc(S(=O)(=O)c3ccc([N+](=O)[O-])cc3)s1)CS2. The predicted molar refractivity (Wildman–Crippen MR) is 110 cm³/mol. The summed E-state index contributed by atoms with van der Waals surface area (Å²) in [6, 6.07) is 3.90. The Labute approximate surface area is 179 Å². The van der Waals surface area contributed by atoms with E-state index in [0.29, 0.717) is 18.6 Å². The lowest BCUT2D eigenvalue weighted by Gasteiger charge is -2.29. The van der Waals surface area contributed by atoms with E-state index in [1.807, 2.05) is 6.92 Å². The molecule has 3 heterocycles. The number of nitrogens with zero attached hydrogens (tertiary/aromatic N) is 3. The van der Waals surface area contributed by atoms with Crippen LogP contribution < -0.4 is 5.32 Å². The van der Waals surface area contributed by atoms with Gasteiger partial charge < -0.3 is 10.2 Å². The molecule has 2 fully saturated rings. The van der Waals surface area contributed by atoms with Crippen molar-refractivity contribution in [2.24, 2.45) is 0 Å². The van der Waals surface area contributed by atoms with Crippen molar-refractivity contribution in [3.05, 3.63) is 40.6 Å². The third-order valence-corrected chi connectivity index (χ3v) is 9.73. The van der Waals surface area contributed by atoms with Gasteiger partial charge in [-0.15, -0.1) is 11.8 Å². The second-order valence-corrected chi connectivity index (χ2v) is 11.7. The summed E-state index contributed by atoms with van der Waals surface area (Å²) in [5.41, 5.74) is -0.218. The van der Waals surface area contributed by atoms with Gasteiger partial charge in [-0.05, 0) is 25.5 Å². The minimum atomic E-state index is -3.93. The molecule has 4 rings (SSSR count). The van der Waals surface area contributed by atoms with E-state index in [9.17, 15) is 28.1 Å². The Bertz CT molecular complexity index is 1150. The molecular weight excluding hydrogens is 452 g/mol. The monoisotopic (exact) mass is 468 g/mol. The van der Waals surface area contributed by atoms with E-state index >= 15 is 0 Å². The molecule has 1 aromatic carbocycles. The first-order chi connectivity index (χ1) is 14.1. The average Bonchev–Trinajstić information content (AvgIpc) is 3.38. The summed E-state index contributed by atoms with van der Waals surface area (Å²) in [6.07, 6.45) is 2.23. The van der Waals surface area contributed by atoms with Crippen LogP contribution in [0, 0.1) is 10.1 Å². The lowest BCUT2D eigenvalue weighted by Crippen LogP contribution is -2.48. The molecule has 0 bridgehead atoms. The maximum atomic E-state index is 12.7. The number of benzene rings is 1. The number of nitrogens with one attached hydrogen (secondary N) is 1. The van der Waals surface area contributed by atoms with Crippen molar-refractivity contribution in [3.8, 4) is 0 Å². The van der Waals surface area contributed by atoms with Gasteiger partial charge in [-0.25, -0.2) is 13.4 Å². The number of rotatable bonds is 5. The number of carbonyl (C=O) groups is 2. The number of aromatic nitrogens is 1. The van der Waals surface area contributed by atoms with Gasteiger partial charge in [-0.3, -0.25) is 19.7 Å². The number of carbonyl (C=O) groups excluding carboxylic acids is 2. The number of amides is 2. The van der Waals surface area contributed by atoms with Crippen LogP contribution in [0.25, 0.3) is 0 Å². The Morgan fingerprint density at radius 2 is 2.07 bits per heavy atom. The average molecular weight is 469 g/mol. The zero-order chi connectivity index (χ0) is 21.7. The Morgan fingerprint density at radius 3 is 2.73 bits per heavy atom. The molecule has 2 aliphatic rings. The highest BCUT2D eigenvalue weighted by Gasteiger charge is 2.53. The molecule has 13 heteroatoms. The van der Waals surface area contributed by atoms with E-state index in [-0.39, 0.29) is 30.7 Å². The van der Waals surface area contributed by atoms with Gasteiger partial charge in [-0.2, -0.15) is 0 Å². The predicted octanol–water partition coefficient (Wildman–Crippen LogP) is 2.28. The number of non-ortho nitro benzene ring substituents is 1. The van der Waals surface area contributed by atoms with Crippen molar-refractivity contribution in [2.75, 3.05) is 11.1 Å². The second kappa shape index (κ2) is 7.32. The van der Waals surface area contributed by atoms with Crippen LogP contribution in [0.4, 0.5) is 10.8 Å². The van der Waals surface area contributed by atoms with Crippen LogP contribution in [-0.4, -0.2) is 51.7 Å². The number of sulfone groups is 1. The summed E-state index contributed by atoms with van der Waals surface area (Å²) in [6.45, 7) is 1.94. The molecule has 10 nitrogen and oxygen atoms in total. The molecule has 2 aromatic rings. The largest absolute Gasteiger partial charge is 0.315 e. The van der Waals surface area contributed by atoms with Gasteiger partial charge in [0.15, 0.2) is 5.13 Å². The summed E-state index contributed by atoms with van der Waals surface area (Å²) in [5, 5.41) is 13.5. The highest BCUT2D eigenvalue weighted by molar-refractivity contribution is 8.01. The summed E-state index contributed by atoms with van der Waals surface area (Å²) in [7, 11) is -3.93. The minimum absolute atomic E-state index is 0.0665. The van der Waals surface area contributed by atoms with Crippen molar-refractivity contribution in [2.45, 2.75) is 39.8 Å². The normalized spacial score (nSPS) is 23.4. The minimum Gasteiger partial charge on any atom is -0.315 e. The molecule has 2 saturated heterocycles. The fraction of sp³-hybridized carbons (Fsp3) is 0.353. The maximum absolute atomic E-state index is 12.7. The highest BCUT2D eigenvalue weighted by Crippen LogP contribution is 2.47. The maximum Gasteiger partial charge on any atom is 0.269 e. The molecule has 2 aliphatic heterocycles. The van der Waals surface area contributed by atoms with Crippen LogP contribution >= 0.6 is 23.1 Å². The van der Waals surface area contributed by atoms with E-state index in [2.05, 4.69) is 10.3 Å². The lowest BCUT2D eigenvalue weighted by molar-refractivity contribution is -0.384. The number of nitro groups is 1. The summed E-state index contributed by atoms with van der Waals surface area (Å²) < 4.78 is 25.4. The number of hydrogen-bond donors (Lipinski definition) is 1. The van der Waals surface area contributed by atoms with Gasteiger partial charge in [-0.1, -0.05) is 11.3 Å². The van der Waals surface area contributed by atoms with Crippen molar-refractivity contribution in [3.63, 3.8) is 0 Å². The molecule has 0 saturated carbocycles. The third kappa shape index (κ3) is 3.46. The molecular formula is C17H16N4O6S3. The number of thioether (sulfide) groups is 1. The van der Waals surface area contributed by atoms with Crippen molar-refractivity contribution < 1.29 is 22.9 Å². The number of anilines is 1. The molecule has 1 aromatic heterocycles. The fourth-order valence-electron chi connectivity index (χ4n) is 3.51. The smallest absolute Gasteiger partial charge is 0.269 e. The summed E-state index contributed by atoms with van der Waals surface area (Å²) in [4.78, 5) is 40.1. The van der Waals surface area contributed by atoms with Crippen LogP contribution in [0.15, 0.2) is 39.6 Å². The zero-order valence-corrected chi connectivity index (χ0v) is 18.1. The van der Waals surface area contributed by atoms with Crippen LogP contribution in [0.5, 0.6) is 0 Å². The van der Waals surface area contributed by atoms with Gasteiger partial charge in [0.1, 0.15) is 10.3 Å². The molecule has 0 unspecified atom stereocenters. The molecule has 0 spiro atoms. The number of fused-ring (bicyclic) bond motifs is 1. The Hall–Kier alpha value is -2.51. The van der Waals surface area contributed by atoms with E-state index in [4.69, 9.17) is 0 Å². The van der Waals surface area contributed by atoms with Crippen LogP contribution in [0.2, 0.25) is 0 Å².